The number of hydrogen-bond acceptors (Lipinski definition) is 8. The molecule has 1 aromatic heterocycles. The average molecular weight is 734 g/mol. The molecule has 2 atom stereocenters. The molecule has 1 saturated heterocycles. The first-order valence-corrected chi connectivity index (χ1v) is 16.5. The van der Waals surface area contributed by atoms with Crippen LogP contribution in [0.15, 0.2) is 54.7 Å². The molecule has 0 saturated carbocycles. The van der Waals surface area contributed by atoms with Crippen molar-refractivity contribution in [3.05, 3.63) is 82.5 Å². The van der Waals surface area contributed by atoms with E-state index in [4.69, 9.17) is 9.47 Å². The molecule has 0 unspecified atom stereocenters. The summed E-state index contributed by atoms with van der Waals surface area (Å²) >= 11 is 0. The standard InChI is InChI=1S/C36H37F6N5O5/c1-4-26-17-30(28-16-24(35(37,38)39)5-7-29(28)47(26)33(50)52-21-34(2,3)32(48)49)46(20-23-13-22(18-43)14-25(15-23)36(40,41)42)31-8-6-27(19-44-31)45-9-11-51-12-10-45/h5-8,13-16,19,26,30H,4,9-12,17,20-21H2,1-3H3,(H,48,49)/t26-,30+/m1/s1. The SMILES string of the molecule is CC[C@@H]1C[C@H](N(Cc2cc(C#N)cc(C(F)(F)F)c2)c2ccc(N3CCOCC3)cn2)c2cc(C(F)(F)F)ccc2N1C(=O)OCC(C)(C)C(=O)O. The highest BCUT2D eigenvalue weighted by molar-refractivity contribution is 5.91. The molecule has 0 bridgehead atoms. The Morgan fingerprint density at radius 1 is 1.02 bits per heavy atom. The summed E-state index contributed by atoms with van der Waals surface area (Å²) in [7, 11) is 0. The van der Waals surface area contributed by atoms with Gasteiger partial charge in [-0.05, 0) is 86.3 Å². The molecule has 2 aliphatic rings. The highest BCUT2D eigenvalue weighted by Gasteiger charge is 2.42. The van der Waals surface area contributed by atoms with E-state index >= 15 is 0 Å². The predicted molar refractivity (Wildman–Crippen MR) is 178 cm³/mol. The van der Waals surface area contributed by atoms with Crippen LogP contribution in [-0.2, 0) is 33.2 Å². The van der Waals surface area contributed by atoms with Crippen molar-refractivity contribution in [3.63, 3.8) is 0 Å². The molecule has 3 heterocycles. The summed E-state index contributed by atoms with van der Waals surface area (Å²) in [6.45, 7) is 5.83. The van der Waals surface area contributed by atoms with Gasteiger partial charge in [0, 0.05) is 25.7 Å². The van der Waals surface area contributed by atoms with Gasteiger partial charge in [0.05, 0.1) is 65.0 Å². The van der Waals surface area contributed by atoms with E-state index in [0.717, 1.165) is 36.0 Å². The number of nitriles is 1. The van der Waals surface area contributed by atoms with Crippen molar-refractivity contribution in [1.82, 2.24) is 4.98 Å². The minimum atomic E-state index is -4.79. The van der Waals surface area contributed by atoms with Gasteiger partial charge in [-0.1, -0.05) is 6.92 Å². The van der Waals surface area contributed by atoms with E-state index in [0.29, 0.717) is 26.3 Å². The average Bonchev–Trinajstić information content (AvgIpc) is 3.11. The van der Waals surface area contributed by atoms with Crippen molar-refractivity contribution in [1.29, 1.82) is 5.26 Å². The first-order valence-electron chi connectivity index (χ1n) is 16.5. The molecule has 1 N–H and O–H groups in total. The first kappa shape index (κ1) is 38.2. The number of anilines is 3. The molecule has 52 heavy (non-hydrogen) atoms. The van der Waals surface area contributed by atoms with Crippen molar-refractivity contribution in [2.24, 2.45) is 5.41 Å². The van der Waals surface area contributed by atoms with Crippen LogP contribution in [0, 0.1) is 16.7 Å². The Balaban J connectivity index is 1.65. The Labute approximate surface area is 296 Å². The van der Waals surface area contributed by atoms with E-state index in [1.165, 1.54) is 24.8 Å². The molecule has 278 valence electrons. The van der Waals surface area contributed by atoms with Gasteiger partial charge in [-0.2, -0.15) is 31.6 Å². The predicted octanol–water partition coefficient (Wildman–Crippen LogP) is 7.81. The number of carboxylic acids is 1. The number of aliphatic carboxylic acids is 1. The van der Waals surface area contributed by atoms with Crippen molar-refractivity contribution < 1.29 is 50.5 Å². The van der Waals surface area contributed by atoms with Crippen molar-refractivity contribution in [2.45, 2.75) is 64.6 Å². The summed E-state index contributed by atoms with van der Waals surface area (Å²) in [5.74, 6) is -0.992. The fraction of sp³-hybridized carbons (Fsp3) is 0.444. The number of nitrogens with zero attached hydrogens (tertiary/aromatic N) is 5. The maximum Gasteiger partial charge on any atom is 0.416 e. The summed E-state index contributed by atoms with van der Waals surface area (Å²) in [5.41, 5.74) is -2.91. The van der Waals surface area contributed by atoms with Crippen LogP contribution in [0.5, 0.6) is 0 Å². The monoisotopic (exact) mass is 733 g/mol. The quantitative estimate of drug-likeness (QED) is 0.220. The molecule has 0 radical (unpaired) electrons. The molecular formula is C36H37F6N5O5. The lowest BCUT2D eigenvalue weighted by molar-refractivity contribution is -0.149. The summed E-state index contributed by atoms with van der Waals surface area (Å²) < 4.78 is 95.3. The van der Waals surface area contributed by atoms with E-state index in [1.807, 2.05) is 4.90 Å². The Kier molecular flexibility index (Phi) is 10.9. The molecule has 0 spiro atoms. The molecule has 10 nitrogen and oxygen atoms in total. The van der Waals surface area contributed by atoms with E-state index in [9.17, 15) is 46.3 Å². The van der Waals surface area contributed by atoms with Gasteiger partial charge >= 0.3 is 24.4 Å². The minimum Gasteiger partial charge on any atom is -0.481 e. The number of rotatable bonds is 9. The number of morpholine rings is 1. The zero-order valence-corrected chi connectivity index (χ0v) is 28.6. The van der Waals surface area contributed by atoms with Crippen LogP contribution < -0.4 is 14.7 Å². The highest BCUT2D eigenvalue weighted by atomic mass is 19.4. The largest absolute Gasteiger partial charge is 0.481 e. The molecule has 5 rings (SSSR count). The van der Waals surface area contributed by atoms with Crippen molar-refractivity contribution in [3.8, 4) is 6.07 Å². The zero-order chi connectivity index (χ0) is 38.0. The number of carboxylic acid groups (broad SMARTS) is 1. The molecule has 1 fully saturated rings. The topological polar surface area (TPSA) is 119 Å². The minimum absolute atomic E-state index is 0.000796. The van der Waals surface area contributed by atoms with E-state index in [2.05, 4.69) is 4.98 Å². The lowest BCUT2D eigenvalue weighted by Gasteiger charge is -2.45. The fourth-order valence-corrected chi connectivity index (χ4v) is 6.28. The zero-order valence-electron chi connectivity index (χ0n) is 28.6. The van der Waals surface area contributed by atoms with Crippen LogP contribution in [0.4, 0.5) is 48.3 Å². The Hall–Kier alpha value is -5.04. The third-order valence-electron chi connectivity index (χ3n) is 9.22. The fourth-order valence-electron chi connectivity index (χ4n) is 6.28. The van der Waals surface area contributed by atoms with Gasteiger partial charge in [0.1, 0.15) is 12.4 Å². The highest BCUT2D eigenvalue weighted by Crippen LogP contribution is 2.46. The number of benzene rings is 2. The maximum absolute atomic E-state index is 14.2. The number of carbonyl (C=O) groups excluding carboxylic acids is 1. The number of alkyl halides is 6. The van der Waals surface area contributed by atoms with Gasteiger partial charge in [-0.15, -0.1) is 0 Å². The third kappa shape index (κ3) is 8.36. The maximum atomic E-state index is 14.2. The number of carbonyl (C=O) groups is 2. The van der Waals surface area contributed by atoms with Crippen LogP contribution in [0.3, 0.4) is 0 Å². The summed E-state index contributed by atoms with van der Waals surface area (Å²) in [6.07, 6.45) is -8.68. The number of halogens is 6. The number of pyridine rings is 1. The molecule has 3 aromatic rings. The van der Waals surface area contributed by atoms with Crippen LogP contribution >= 0.6 is 0 Å². The van der Waals surface area contributed by atoms with Crippen molar-refractivity contribution >= 4 is 29.3 Å². The molecule has 16 heteroatoms. The van der Waals surface area contributed by atoms with Crippen LogP contribution in [0.2, 0.25) is 0 Å². The Bertz CT molecular complexity index is 1820. The second kappa shape index (κ2) is 14.9. The normalized spacial score (nSPS) is 18.0. The van der Waals surface area contributed by atoms with Gasteiger partial charge in [0.2, 0.25) is 0 Å². The number of ether oxygens (including phenoxy) is 2. The molecule has 0 aliphatic carbocycles. The lowest BCUT2D eigenvalue weighted by atomic mass is 9.87. The third-order valence-corrected chi connectivity index (χ3v) is 9.22. The second-order valence-electron chi connectivity index (χ2n) is 13.3. The van der Waals surface area contributed by atoms with Gasteiger partial charge in [0.25, 0.3) is 0 Å². The smallest absolute Gasteiger partial charge is 0.416 e. The molecule has 2 aromatic carbocycles. The number of hydrogen-bond donors (Lipinski definition) is 1. The van der Waals surface area contributed by atoms with E-state index < -0.39 is 59.6 Å². The van der Waals surface area contributed by atoms with Crippen molar-refractivity contribution in [2.75, 3.05) is 47.6 Å². The van der Waals surface area contributed by atoms with Gasteiger partial charge in [0.15, 0.2) is 0 Å². The first-order chi connectivity index (χ1) is 24.4. The number of fused-ring (bicyclic) bond motifs is 1. The Morgan fingerprint density at radius 2 is 1.71 bits per heavy atom. The van der Waals surface area contributed by atoms with E-state index in [-0.39, 0.29) is 47.6 Å². The summed E-state index contributed by atoms with van der Waals surface area (Å²) in [6, 6.07) is 9.23. The van der Waals surface area contributed by atoms with E-state index in [1.54, 1.807) is 36.2 Å². The van der Waals surface area contributed by atoms with Gasteiger partial charge in [-0.25, -0.2) is 9.78 Å². The summed E-state index contributed by atoms with van der Waals surface area (Å²) in [5, 5.41) is 19.1. The van der Waals surface area contributed by atoms with Gasteiger partial charge in [-0.3, -0.25) is 9.69 Å². The molecular weight excluding hydrogens is 696 g/mol. The van der Waals surface area contributed by atoms with Crippen LogP contribution in [0.1, 0.15) is 67.5 Å². The van der Waals surface area contributed by atoms with Crippen LogP contribution in [0.25, 0.3) is 0 Å². The Morgan fingerprint density at radius 3 is 2.29 bits per heavy atom. The number of amides is 1. The van der Waals surface area contributed by atoms with Crippen LogP contribution in [-0.4, -0.2) is 61.1 Å². The van der Waals surface area contributed by atoms with Gasteiger partial charge < -0.3 is 24.4 Å². The molecule has 2 aliphatic heterocycles. The molecule has 1 amide bonds. The second-order valence-corrected chi connectivity index (χ2v) is 13.3. The lowest BCUT2D eigenvalue weighted by Crippen LogP contribution is -2.48. The number of aromatic nitrogens is 1. The summed E-state index contributed by atoms with van der Waals surface area (Å²) in [4.78, 5) is 34.8.